The monoisotopic (exact) mass is 241 g/mol. The minimum absolute atomic E-state index is 0.133. The number of nitrogens with zero attached hydrogens (tertiary/aromatic N) is 1. The highest BCUT2D eigenvalue weighted by atomic mass is 19.1. The third-order valence-corrected chi connectivity index (χ3v) is 2.52. The van der Waals surface area contributed by atoms with Crippen molar-refractivity contribution >= 4 is 5.69 Å². The zero-order valence-corrected chi connectivity index (χ0v) is 9.10. The van der Waals surface area contributed by atoms with Gasteiger partial charge in [0.2, 0.25) is 0 Å². The van der Waals surface area contributed by atoms with Gasteiger partial charge in [-0.25, -0.2) is 4.39 Å². The van der Waals surface area contributed by atoms with Crippen LogP contribution in [-0.2, 0) is 4.74 Å². The van der Waals surface area contributed by atoms with Crippen LogP contribution >= 0.6 is 0 Å². The third kappa shape index (κ3) is 2.91. The van der Waals surface area contributed by atoms with Crippen molar-refractivity contribution in [3.8, 4) is 5.75 Å². The normalized spacial score (nSPS) is 19.9. The van der Waals surface area contributed by atoms with E-state index in [9.17, 15) is 14.5 Å². The predicted molar refractivity (Wildman–Crippen MR) is 57.3 cm³/mol. The highest BCUT2D eigenvalue weighted by Crippen LogP contribution is 2.26. The summed E-state index contributed by atoms with van der Waals surface area (Å²) in [4.78, 5) is 9.96. The van der Waals surface area contributed by atoms with Crippen LogP contribution in [0.25, 0.3) is 0 Å². The molecule has 1 aromatic rings. The summed E-state index contributed by atoms with van der Waals surface area (Å²) in [6.07, 6.45) is 2.06. The molecule has 17 heavy (non-hydrogen) atoms. The molecule has 6 heteroatoms. The highest BCUT2D eigenvalue weighted by Gasteiger charge is 2.19. The summed E-state index contributed by atoms with van der Waals surface area (Å²) >= 11 is 0. The second-order valence-electron chi connectivity index (χ2n) is 3.79. The minimum atomic E-state index is -0.621. The van der Waals surface area contributed by atoms with Crippen molar-refractivity contribution in [2.75, 3.05) is 6.61 Å². The fourth-order valence-corrected chi connectivity index (χ4v) is 1.64. The molecule has 2 rings (SSSR count). The Labute approximate surface area is 97.3 Å². The number of hydrogen-bond donors (Lipinski definition) is 0. The van der Waals surface area contributed by atoms with Gasteiger partial charge in [0.25, 0.3) is 5.69 Å². The Balaban J connectivity index is 2.13. The van der Waals surface area contributed by atoms with Crippen LogP contribution in [0.1, 0.15) is 19.3 Å². The molecule has 1 aliphatic rings. The molecule has 1 fully saturated rings. The Hall–Kier alpha value is -1.69. The van der Waals surface area contributed by atoms with Gasteiger partial charge in [-0.1, -0.05) is 0 Å². The Morgan fingerprint density at radius 2 is 2.29 bits per heavy atom. The lowest BCUT2D eigenvalue weighted by molar-refractivity contribution is -0.385. The van der Waals surface area contributed by atoms with Crippen molar-refractivity contribution in [1.29, 1.82) is 0 Å². The molecular formula is C11H12FNO4. The van der Waals surface area contributed by atoms with Gasteiger partial charge in [0.15, 0.2) is 17.9 Å². The second-order valence-corrected chi connectivity index (χ2v) is 3.79. The zero-order valence-electron chi connectivity index (χ0n) is 9.10. The summed E-state index contributed by atoms with van der Waals surface area (Å²) in [5.41, 5.74) is -0.197. The molecule has 92 valence electrons. The second kappa shape index (κ2) is 5.09. The van der Waals surface area contributed by atoms with E-state index in [1.54, 1.807) is 0 Å². The summed E-state index contributed by atoms with van der Waals surface area (Å²) in [5.74, 6) is -0.754. The van der Waals surface area contributed by atoms with E-state index in [0.717, 1.165) is 31.0 Å². The number of halogens is 1. The van der Waals surface area contributed by atoms with E-state index in [0.29, 0.717) is 13.0 Å². The molecule has 5 nitrogen and oxygen atoms in total. The molecule has 1 atom stereocenters. The fraction of sp³-hybridized carbons (Fsp3) is 0.455. The molecule has 1 aliphatic heterocycles. The molecule has 1 heterocycles. The molecule has 0 N–H and O–H groups in total. The van der Waals surface area contributed by atoms with Crippen molar-refractivity contribution in [3.05, 3.63) is 34.1 Å². The van der Waals surface area contributed by atoms with Gasteiger partial charge in [-0.3, -0.25) is 10.1 Å². The zero-order chi connectivity index (χ0) is 12.3. The first-order chi connectivity index (χ1) is 8.16. The Bertz CT molecular complexity index is 418. The smallest absolute Gasteiger partial charge is 0.273 e. The summed E-state index contributed by atoms with van der Waals surface area (Å²) in [6, 6.07) is 3.20. The van der Waals surface area contributed by atoms with Crippen LogP contribution < -0.4 is 4.74 Å². The topological polar surface area (TPSA) is 61.6 Å². The summed E-state index contributed by atoms with van der Waals surface area (Å²) in [6.45, 7) is 0.571. The third-order valence-electron chi connectivity index (χ3n) is 2.52. The van der Waals surface area contributed by atoms with Gasteiger partial charge in [-0.15, -0.1) is 0 Å². The van der Waals surface area contributed by atoms with E-state index in [2.05, 4.69) is 0 Å². The van der Waals surface area contributed by atoms with E-state index in [4.69, 9.17) is 9.47 Å². The summed E-state index contributed by atoms with van der Waals surface area (Å²) in [7, 11) is 0. The van der Waals surface area contributed by atoms with Gasteiger partial charge in [0.05, 0.1) is 17.6 Å². The molecular weight excluding hydrogens is 229 g/mol. The van der Waals surface area contributed by atoms with Gasteiger partial charge in [-0.05, 0) is 18.9 Å². The number of ether oxygens (including phenoxy) is 2. The molecule has 0 saturated carbocycles. The molecule has 0 radical (unpaired) electrons. The van der Waals surface area contributed by atoms with E-state index in [1.165, 1.54) is 0 Å². The Morgan fingerprint density at radius 1 is 1.47 bits per heavy atom. The molecule has 0 unspecified atom stereocenters. The molecule has 0 spiro atoms. The summed E-state index contributed by atoms with van der Waals surface area (Å²) in [5, 5.41) is 10.6. The molecule has 1 saturated heterocycles. The first-order valence-corrected chi connectivity index (χ1v) is 5.39. The molecule has 0 aliphatic carbocycles. The van der Waals surface area contributed by atoms with E-state index in [1.807, 2.05) is 0 Å². The van der Waals surface area contributed by atoms with Crippen LogP contribution in [0, 0.1) is 15.9 Å². The van der Waals surface area contributed by atoms with Crippen LogP contribution in [-0.4, -0.2) is 17.8 Å². The van der Waals surface area contributed by atoms with Crippen molar-refractivity contribution in [3.63, 3.8) is 0 Å². The van der Waals surface area contributed by atoms with Crippen LogP contribution in [0.15, 0.2) is 18.2 Å². The van der Waals surface area contributed by atoms with Gasteiger partial charge >= 0.3 is 0 Å². The Kier molecular flexibility index (Phi) is 3.53. The van der Waals surface area contributed by atoms with Crippen molar-refractivity contribution in [1.82, 2.24) is 0 Å². The maximum Gasteiger partial charge on any atom is 0.273 e. The van der Waals surface area contributed by atoms with E-state index >= 15 is 0 Å². The average molecular weight is 241 g/mol. The van der Waals surface area contributed by atoms with Gasteiger partial charge in [0.1, 0.15) is 0 Å². The van der Waals surface area contributed by atoms with Crippen molar-refractivity contribution in [2.24, 2.45) is 0 Å². The number of rotatable bonds is 3. The molecule has 0 amide bonds. The largest absolute Gasteiger partial charge is 0.462 e. The quantitative estimate of drug-likeness (QED) is 0.602. The maximum atomic E-state index is 13.4. The lowest BCUT2D eigenvalue weighted by Gasteiger charge is -2.23. The van der Waals surface area contributed by atoms with Crippen molar-refractivity contribution < 1.29 is 18.8 Å². The number of benzene rings is 1. The predicted octanol–water partition coefficient (Wildman–Crippen LogP) is 2.64. The van der Waals surface area contributed by atoms with Crippen LogP contribution in [0.3, 0.4) is 0 Å². The van der Waals surface area contributed by atoms with Crippen LogP contribution in [0.5, 0.6) is 5.75 Å². The maximum absolute atomic E-state index is 13.4. The number of non-ortho nitro benzene ring substituents is 1. The van der Waals surface area contributed by atoms with E-state index in [-0.39, 0.29) is 11.4 Å². The van der Waals surface area contributed by atoms with Crippen LogP contribution in [0.2, 0.25) is 0 Å². The van der Waals surface area contributed by atoms with E-state index < -0.39 is 17.0 Å². The number of nitro groups is 1. The lowest BCUT2D eigenvalue weighted by Crippen LogP contribution is -2.25. The fourth-order valence-electron chi connectivity index (χ4n) is 1.64. The van der Waals surface area contributed by atoms with Crippen LogP contribution in [0.4, 0.5) is 10.1 Å². The van der Waals surface area contributed by atoms with Gasteiger partial charge in [-0.2, -0.15) is 0 Å². The standard InChI is InChI=1S/C11H12FNO4/c12-9-5-4-8(13(14)15)7-10(9)17-11-3-1-2-6-16-11/h4-5,7,11H,1-3,6H2/t11-/m1/s1. The first kappa shape index (κ1) is 11.8. The number of hydrogen-bond acceptors (Lipinski definition) is 4. The Morgan fingerprint density at radius 3 is 2.94 bits per heavy atom. The van der Waals surface area contributed by atoms with Crippen molar-refractivity contribution in [2.45, 2.75) is 25.6 Å². The lowest BCUT2D eigenvalue weighted by atomic mass is 10.2. The molecule has 1 aromatic carbocycles. The molecule has 0 aromatic heterocycles. The minimum Gasteiger partial charge on any atom is -0.462 e. The highest BCUT2D eigenvalue weighted by molar-refractivity contribution is 5.39. The first-order valence-electron chi connectivity index (χ1n) is 5.39. The molecule has 0 bridgehead atoms. The average Bonchev–Trinajstić information content (AvgIpc) is 2.33. The van der Waals surface area contributed by atoms with Gasteiger partial charge < -0.3 is 9.47 Å². The SMILES string of the molecule is O=[N+]([O-])c1ccc(F)c(O[C@@H]2CCCCO2)c1. The van der Waals surface area contributed by atoms with Gasteiger partial charge in [0, 0.05) is 12.5 Å². The summed E-state index contributed by atoms with van der Waals surface area (Å²) < 4.78 is 23.9. The number of nitro benzene ring substituents is 1.